The fourth-order valence-electron chi connectivity index (χ4n) is 1.11. The summed E-state index contributed by atoms with van der Waals surface area (Å²) in [5.74, 6) is -0.357. The predicted molar refractivity (Wildman–Crippen MR) is 54.3 cm³/mol. The third-order valence-corrected chi connectivity index (χ3v) is 2.06. The zero-order valence-electron chi connectivity index (χ0n) is 8.82. The van der Waals surface area contributed by atoms with Crippen molar-refractivity contribution in [2.75, 3.05) is 26.7 Å². The van der Waals surface area contributed by atoms with Crippen molar-refractivity contribution in [1.29, 1.82) is 0 Å². The zero-order chi connectivity index (χ0) is 11.3. The van der Waals surface area contributed by atoms with E-state index in [1.807, 2.05) is 0 Å². The number of carbonyl (C=O) groups excluding carboxylic acids is 2. The van der Waals surface area contributed by atoms with E-state index in [9.17, 15) is 9.59 Å². The third kappa shape index (κ3) is 5.34. The van der Waals surface area contributed by atoms with Gasteiger partial charge in [0.15, 0.2) is 0 Å². The van der Waals surface area contributed by atoms with Crippen LogP contribution in [0.4, 0.5) is 4.79 Å². The van der Waals surface area contributed by atoms with E-state index in [2.05, 4.69) is 10.6 Å². The van der Waals surface area contributed by atoms with E-state index in [4.69, 9.17) is 5.11 Å². The molecule has 0 aliphatic heterocycles. The largest absolute Gasteiger partial charge is 0.395 e. The van der Waals surface area contributed by atoms with Crippen molar-refractivity contribution in [1.82, 2.24) is 15.5 Å². The Bertz CT molecular complexity index is 241. The Morgan fingerprint density at radius 3 is 2.67 bits per heavy atom. The number of imide groups is 1. The Morgan fingerprint density at radius 2 is 2.13 bits per heavy atom. The molecule has 1 aliphatic carbocycles. The van der Waals surface area contributed by atoms with Gasteiger partial charge in [-0.15, -0.1) is 0 Å². The summed E-state index contributed by atoms with van der Waals surface area (Å²) in [5.41, 5.74) is 0. The fraction of sp³-hybridized carbons (Fsp3) is 0.778. The number of aliphatic hydroxyl groups excluding tert-OH is 1. The summed E-state index contributed by atoms with van der Waals surface area (Å²) in [7, 11) is 1.70. The normalized spacial score (nSPS) is 15.1. The number of nitrogens with zero attached hydrogens (tertiary/aromatic N) is 1. The van der Waals surface area contributed by atoms with Gasteiger partial charge in [-0.2, -0.15) is 0 Å². The molecule has 0 heterocycles. The van der Waals surface area contributed by atoms with Gasteiger partial charge in [-0.1, -0.05) is 0 Å². The fourth-order valence-corrected chi connectivity index (χ4v) is 1.11. The maximum absolute atomic E-state index is 11.2. The Kier molecular flexibility index (Phi) is 4.51. The van der Waals surface area contributed by atoms with Gasteiger partial charge in [-0.25, -0.2) is 4.79 Å². The predicted octanol–water partition coefficient (Wildman–Crippen LogP) is -1.10. The van der Waals surface area contributed by atoms with Crippen molar-refractivity contribution >= 4 is 11.9 Å². The summed E-state index contributed by atoms with van der Waals surface area (Å²) in [6.45, 7) is 0.522. The molecular formula is C9H17N3O3. The van der Waals surface area contributed by atoms with Gasteiger partial charge >= 0.3 is 6.03 Å². The number of carbonyl (C=O) groups is 2. The van der Waals surface area contributed by atoms with Crippen LogP contribution < -0.4 is 10.6 Å². The van der Waals surface area contributed by atoms with Crippen LogP contribution in [0.2, 0.25) is 0 Å². The minimum atomic E-state index is -0.431. The van der Waals surface area contributed by atoms with E-state index in [1.54, 1.807) is 11.9 Å². The van der Waals surface area contributed by atoms with Crippen LogP contribution in [0.1, 0.15) is 12.8 Å². The first-order chi connectivity index (χ1) is 7.11. The second-order valence-corrected chi connectivity index (χ2v) is 3.76. The Morgan fingerprint density at radius 1 is 1.47 bits per heavy atom. The highest BCUT2D eigenvalue weighted by Gasteiger charge is 2.23. The molecule has 0 radical (unpaired) electrons. The summed E-state index contributed by atoms with van der Waals surface area (Å²) in [5, 5.41) is 13.5. The second kappa shape index (κ2) is 5.67. The lowest BCUT2D eigenvalue weighted by Crippen LogP contribution is -2.44. The number of hydrogen-bond donors (Lipinski definition) is 3. The molecule has 0 atom stereocenters. The molecule has 6 nitrogen and oxygen atoms in total. The Labute approximate surface area is 88.6 Å². The van der Waals surface area contributed by atoms with Crippen LogP contribution in [-0.4, -0.2) is 54.7 Å². The molecule has 0 bridgehead atoms. The first-order valence-electron chi connectivity index (χ1n) is 5.01. The highest BCUT2D eigenvalue weighted by atomic mass is 16.3. The molecule has 1 rings (SSSR count). The number of urea groups is 1. The van der Waals surface area contributed by atoms with Gasteiger partial charge in [0.25, 0.3) is 0 Å². The minimum absolute atomic E-state index is 0.00193. The van der Waals surface area contributed by atoms with Crippen molar-refractivity contribution in [3.05, 3.63) is 0 Å². The van der Waals surface area contributed by atoms with Crippen LogP contribution in [0.15, 0.2) is 0 Å². The number of hydrogen-bond acceptors (Lipinski definition) is 4. The SMILES string of the molecule is CN(CCO)CC(=O)NC(=O)NC1CC1. The topological polar surface area (TPSA) is 81.7 Å². The van der Waals surface area contributed by atoms with E-state index in [1.165, 1.54) is 0 Å². The monoisotopic (exact) mass is 215 g/mol. The summed E-state index contributed by atoms with van der Waals surface area (Å²) < 4.78 is 0. The number of aliphatic hydroxyl groups is 1. The van der Waals surface area contributed by atoms with Gasteiger partial charge in [0.2, 0.25) is 5.91 Å². The molecule has 1 aliphatic rings. The standard InChI is InChI=1S/C9H17N3O3/c1-12(4-5-13)6-8(14)11-9(15)10-7-2-3-7/h7,13H,2-6H2,1H3,(H2,10,11,14,15). The van der Waals surface area contributed by atoms with Gasteiger partial charge in [-0.3, -0.25) is 15.0 Å². The highest BCUT2D eigenvalue weighted by Crippen LogP contribution is 2.18. The van der Waals surface area contributed by atoms with Gasteiger partial charge in [-0.05, 0) is 19.9 Å². The van der Waals surface area contributed by atoms with Crippen LogP contribution in [0.3, 0.4) is 0 Å². The highest BCUT2D eigenvalue weighted by molar-refractivity contribution is 5.95. The first kappa shape index (κ1) is 11.9. The van der Waals surface area contributed by atoms with E-state index < -0.39 is 6.03 Å². The van der Waals surface area contributed by atoms with E-state index in [0.29, 0.717) is 6.54 Å². The van der Waals surface area contributed by atoms with Crippen LogP contribution >= 0.6 is 0 Å². The third-order valence-electron chi connectivity index (χ3n) is 2.06. The molecule has 3 N–H and O–H groups in total. The van der Waals surface area contributed by atoms with Crippen molar-refractivity contribution in [3.63, 3.8) is 0 Å². The molecule has 0 spiro atoms. The van der Waals surface area contributed by atoms with Crippen LogP contribution in [-0.2, 0) is 4.79 Å². The summed E-state index contributed by atoms with van der Waals surface area (Å²) in [4.78, 5) is 24.0. The van der Waals surface area contributed by atoms with Gasteiger partial charge < -0.3 is 10.4 Å². The van der Waals surface area contributed by atoms with Crippen molar-refractivity contribution < 1.29 is 14.7 Å². The van der Waals surface area contributed by atoms with Gasteiger partial charge in [0.1, 0.15) is 0 Å². The number of amides is 3. The summed E-state index contributed by atoms with van der Waals surface area (Å²) in [6.07, 6.45) is 1.98. The summed E-state index contributed by atoms with van der Waals surface area (Å²) in [6, 6.07) is -0.187. The van der Waals surface area contributed by atoms with Crippen LogP contribution in [0, 0.1) is 0 Å². The van der Waals surface area contributed by atoms with Crippen LogP contribution in [0.5, 0.6) is 0 Å². The molecule has 15 heavy (non-hydrogen) atoms. The minimum Gasteiger partial charge on any atom is -0.395 e. The average Bonchev–Trinajstić information content (AvgIpc) is 2.87. The maximum atomic E-state index is 11.2. The molecule has 6 heteroatoms. The molecule has 0 aromatic heterocycles. The van der Waals surface area contributed by atoms with Crippen molar-refractivity contribution in [3.8, 4) is 0 Å². The first-order valence-corrected chi connectivity index (χ1v) is 5.01. The van der Waals surface area contributed by atoms with Crippen molar-refractivity contribution in [2.24, 2.45) is 0 Å². The number of rotatable bonds is 5. The van der Waals surface area contributed by atoms with Gasteiger partial charge in [0, 0.05) is 12.6 Å². The molecule has 0 saturated heterocycles. The maximum Gasteiger partial charge on any atom is 0.321 e. The van der Waals surface area contributed by atoms with E-state index in [0.717, 1.165) is 12.8 Å². The molecular weight excluding hydrogens is 198 g/mol. The lowest BCUT2D eigenvalue weighted by Gasteiger charge is -2.14. The molecule has 86 valence electrons. The van der Waals surface area contributed by atoms with Crippen molar-refractivity contribution in [2.45, 2.75) is 18.9 Å². The molecule has 1 fully saturated rings. The number of nitrogens with one attached hydrogen (secondary N) is 2. The quantitative estimate of drug-likeness (QED) is 0.543. The Hall–Kier alpha value is -1.14. The molecule has 0 unspecified atom stereocenters. The average molecular weight is 215 g/mol. The van der Waals surface area contributed by atoms with E-state index in [-0.39, 0.29) is 25.1 Å². The van der Waals surface area contributed by atoms with E-state index >= 15 is 0 Å². The van der Waals surface area contributed by atoms with Gasteiger partial charge in [0.05, 0.1) is 13.2 Å². The van der Waals surface area contributed by atoms with Crippen LogP contribution in [0.25, 0.3) is 0 Å². The number of likely N-dealkylation sites (N-methyl/N-ethyl adjacent to an activating group) is 1. The zero-order valence-corrected chi connectivity index (χ0v) is 8.82. The molecule has 0 aromatic rings. The smallest absolute Gasteiger partial charge is 0.321 e. The molecule has 1 saturated carbocycles. The Balaban J connectivity index is 2.13. The molecule has 3 amide bonds. The lowest BCUT2D eigenvalue weighted by atomic mass is 10.5. The second-order valence-electron chi connectivity index (χ2n) is 3.76. The summed E-state index contributed by atoms with van der Waals surface area (Å²) >= 11 is 0. The lowest BCUT2D eigenvalue weighted by molar-refractivity contribution is -0.120. The molecule has 0 aromatic carbocycles.